The van der Waals surface area contributed by atoms with Crippen LogP contribution >= 0.6 is 11.3 Å². The lowest BCUT2D eigenvalue weighted by Gasteiger charge is -2.32. The number of furan rings is 1. The average molecular weight is 539 g/mol. The number of thiophene rings is 1. The first-order chi connectivity index (χ1) is 18.2. The highest BCUT2D eigenvalue weighted by atomic mass is 32.1. The predicted molar refractivity (Wildman–Crippen MR) is 141 cm³/mol. The zero-order valence-corrected chi connectivity index (χ0v) is 22.7. The number of nitrogens with zero attached hydrogens (tertiary/aromatic N) is 5. The number of rotatable bonds is 10. The molecule has 11 nitrogen and oxygen atoms in total. The Bertz CT molecular complexity index is 1360. The van der Waals surface area contributed by atoms with Gasteiger partial charge in [-0.05, 0) is 67.8 Å². The van der Waals surface area contributed by atoms with Crippen LogP contribution in [0.4, 0.5) is 0 Å². The van der Waals surface area contributed by atoms with Crippen LogP contribution in [0.25, 0.3) is 11.4 Å². The molecule has 0 aliphatic rings. The van der Waals surface area contributed by atoms with Gasteiger partial charge in [-0.2, -0.15) is 4.80 Å². The van der Waals surface area contributed by atoms with Gasteiger partial charge >= 0.3 is 0 Å². The van der Waals surface area contributed by atoms with Gasteiger partial charge in [0.2, 0.25) is 17.6 Å². The molecule has 0 aliphatic heterocycles. The summed E-state index contributed by atoms with van der Waals surface area (Å²) in [6.07, 6.45) is 1.53. The topological polar surface area (TPSA) is 125 Å². The number of hydrogen-bond acceptors (Lipinski definition) is 9. The van der Waals surface area contributed by atoms with E-state index in [0.29, 0.717) is 28.6 Å². The minimum absolute atomic E-state index is 0.0865. The van der Waals surface area contributed by atoms with Crippen LogP contribution < -0.4 is 14.8 Å². The van der Waals surface area contributed by atoms with Crippen LogP contribution in [0.2, 0.25) is 0 Å². The van der Waals surface area contributed by atoms with E-state index in [0.717, 1.165) is 4.88 Å². The summed E-state index contributed by atoms with van der Waals surface area (Å²) in [7, 11) is 3.09. The molecule has 4 rings (SSSR count). The van der Waals surface area contributed by atoms with E-state index >= 15 is 0 Å². The van der Waals surface area contributed by atoms with Gasteiger partial charge in [-0.15, -0.1) is 21.5 Å². The summed E-state index contributed by atoms with van der Waals surface area (Å²) in [5.41, 5.74) is 0.156. The Kier molecular flexibility index (Phi) is 8.10. The first kappa shape index (κ1) is 26.9. The van der Waals surface area contributed by atoms with Gasteiger partial charge in [0.05, 0.1) is 27.0 Å². The smallest absolute Gasteiger partial charge is 0.248 e. The molecule has 0 saturated carbocycles. The molecule has 0 fully saturated rings. The number of carbonyl (C=O) groups is 2. The quantitative estimate of drug-likeness (QED) is 0.324. The summed E-state index contributed by atoms with van der Waals surface area (Å²) in [6.45, 7) is 5.53. The molecule has 3 aromatic heterocycles. The Morgan fingerprint density at radius 1 is 1.13 bits per heavy atom. The largest absolute Gasteiger partial charge is 0.493 e. The number of benzene rings is 1. The molecule has 0 saturated heterocycles. The molecule has 38 heavy (non-hydrogen) atoms. The minimum Gasteiger partial charge on any atom is -0.493 e. The highest BCUT2D eigenvalue weighted by Gasteiger charge is 2.35. The fourth-order valence-electron chi connectivity index (χ4n) is 3.82. The van der Waals surface area contributed by atoms with E-state index in [2.05, 4.69) is 20.7 Å². The summed E-state index contributed by atoms with van der Waals surface area (Å²) >= 11 is 1.40. The van der Waals surface area contributed by atoms with Gasteiger partial charge in [0.1, 0.15) is 18.3 Å². The van der Waals surface area contributed by atoms with E-state index in [-0.39, 0.29) is 24.9 Å². The maximum atomic E-state index is 13.7. The minimum atomic E-state index is -0.874. The lowest BCUT2D eigenvalue weighted by molar-refractivity contribution is -0.143. The zero-order valence-electron chi connectivity index (χ0n) is 21.9. The fourth-order valence-corrected chi connectivity index (χ4v) is 4.65. The summed E-state index contributed by atoms with van der Waals surface area (Å²) in [5, 5.41) is 17.4. The number of amides is 2. The SMILES string of the molecule is COc1ccc(-c2nnn(CC(=O)N(Cc3ccco3)[C@@H](C(=O)NC(C)(C)C)c3cccs3)n2)cc1OC. The number of nitrogens with one attached hydrogen (secondary N) is 1. The molecule has 4 aromatic rings. The van der Waals surface area contributed by atoms with Gasteiger partial charge < -0.3 is 24.1 Å². The second-order valence-corrected chi connectivity index (χ2v) is 10.5. The molecule has 1 atom stereocenters. The number of tetrazole rings is 1. The molecule has 0 bridgehead atoms. The summed E-state index contributed by atoms with van der Waals surface area (Å²) in [6, 6.07) is 11.6. The maximum absolute atomic E-state index is 13.7. The molecule has 0 aliphatic carbocycles. The molecule has 0 radical (unpaired) electrons. The Morgan fingerprint density at radius 2 is 1.92 bits per heavy atom. The first-order valence-corrected chi connectivity index (χ1v) is 12.7. The summed E-state index contributed by atoms with van der Waals surface area (Å²) in [5.74, 6) is 1.28. The molecule has 1 aromatic carbocycles. The molecule has 0 unspecified atom stereocenters. The normalized spacial score (nSPS) is 12.1. The highest BCUT2D eigenvalue weighted by molar-refractivity contribution is 7.10. The first-order valence-electron chi connectivity index (χ1n) is 11.9. The van der Waals surface area contributed by atoms with E-state index in [1.165, 1.54) is 34.4 Å². The van der Waals surface area contributed by atoms with E-state index in [4.69, 9.17) is 13.9 Å². The second kappa shape index (κ2) is 11.5. The predicted octanol–water partition coefficient (Wildman–Crippen LogP) is 3.70. The molecular formula is C26H30N6O5S. The van der Waals surface area contributed by atoms with Crippen molar-refractivity contribution in [2.75, 3.05) is 14.2 Å². The number of methoxy groups -OCH3 is 2. The highest BCUT2D eigenvalue weighted by Crippen LogP contribution is 2.31. The number of ether oxygens (including phenoxy) is 2. The van der Waals surface area contributed by atoms with Gasteiger partial charge in [-0.25, -0.2) is 0 Å². The van der Waals surface area contributed by atoms with Crippen LogP contribution in [-0.2, 0) is 22.7 Å². The fraction of sp³-hybridized carbons (Fsp3) is 0.346. The van der Waals surface area contributed by atoms with Gasteiger partial charge in [0.15, 0.2) is 11.5 Å². The zero-order chi connectivity index (χ0) is 27.3. The third-order valence-corrected chi connectivity index (χ3v) is 6.39. The van der Waals surface area contributed by atoms with E-state index < -0.39 is 11.6 Å². The maximum Gasteiger partial charge on any atom is 0.248 e. The van der Waals surface area contributed by atoms with Crippen molar-refractivity contribution in [1.82, 2.24) is 30.4 Å². The van der Waals surface area contributed by atoms with Crippen molar-refractivity contribution in [1.29, 1.82) is 0 Å². The van der Waals surface area contributed by atoms with Crippen molar-refractivity contribution < 1.29 is 23.5 Å². The van der Waals surface area contributed by atoms with Crippen molar-refractivity contribution in [2.45, 2.75) is 45.4 Å². The number of carbonyl (C=O) groups excluding carboxylic acids is 2. The molecule has 1 N–H and O–H groups in total. The second-order valence-electron chi connectivity index (χ2n) is 9.47. The van der Waals surface area contributed by atoms with Crippen LogP contribution in [0.1, 0.15) is 37.5 Å². The van der Waals surface area contributed by atoms with Crippen molar-refractivity contribution in [3.8, 4) is 22.9 Å². The summed E-state index contributed by atoms with van der Waals surface area (Å²) in [4.78, 5) is 30.6. The van der Waals surface area contributed by atoms with Crippen LogP contribution in [0.5, 0.6) is 11.5 Å². The summed E-state index contributed by atoms with van der Waals surface area (Å²) < 4.78 is 16.2. The molecule has 3 heterocycles. The van der Waals surface area contributed by atoms with Gasteiger partial charge in [-0.3, -0.25) is 9.59 Å². The van der Waals surface area contributed by atoms with E-state index in [1.54, 1.807) is 37.4 Å². The molecule has 12 heteroatoms. The molecular weight excluding hydrogens is 508 g/mol. The van der Waals surface area contributed by atoms with Crippen LogP contribution in [0, 0.1) is 0 Å². The third kappa shape index (κ3) is 6.38. The van der Waals surface area contributed by atoms with Crippen molar-refractivity contribution in [3.63, 3.8) is 0 Å². The average Bonchev–Trinajstić information content (AvgIpc) is 3.66. The van der Waals surface area contributed by atoms with Crippen molar-refractivity contribution >= 4 is 23.2 Å². The van der Waals surface area contributed by atoms with Crippen LogP contribution in [0.3, 0.4) is 0 Å². The molecule has 2 amide bonds. The Hall–Kier alpha value is -4.19. The van der Waals surface area contributed by atoms with Gasteiger partial charge in [0.25, 0.3) is 0 Å². The van der Waals surface area contributed by atoms with Gasteiger partial charge in [-0.1, -0.05) is 6.07 Å². The Balaban J connectivity index is 1.62. The Labute approximate surface area is 224 Å². The lowest BCUT2D eigenvalue weighted by atomic mass is 10.1. The Morgan fingerprint density at radius 3 is 2.55 bits per heavy atom. The monoisotopic (exact) mass is 538 g/mol. The standard InChI is InChI=1S/C26H30N6O5S/c1-26(2,3)27-25(34)23(21-9-7-13-38-21)31(15-18-8-6-12-37-18)22(33)16-32-29-24(28-30-32)17-10-11-19(35-4)20(14-17)36-5/h6-14,23H,15-16H2,1-5H3,(H,27,34)/t23-/m1/s1. The van der Waals surface area contributed by atoms with Crippen molar-refractivity contribution in [3.05, 3.63) is 64.7 Å². The number of aromatic nitrogens is 4. The van der Waals surface area contributed by atoms with E-state index in [9.17, 15) is 9.59 Å². The number of hydrogen-bond donors (Lipinski definition) is 1. The third-order valence-electron chi connectivity index (χ3n) is 5.47. The van der Waals surface area contributed by atoms with Crippen LogP contribution in [0.15, 0.2) is 58.5 Å². The lowest BCUT2D eigenvalue weighted by Crippen LogP contribution is -2.49. The molecule has 200 valence electrons. The van der Waals surface area contributed by atoms with Gasteiger partial charge in [0, 0.05) is 16.0 Å². The van der Waals surface area contributed by atoms with Crippen LogP contribution in [-0.4, -0.2) is 56.7 Å². The van der Waals surface area contributed by atoms with E-state index in [1.807, 2.05) is 38.3 Å². The molecule has 0 spiro atoms. The van der Waals surface area contributed by atoms with Crippen molar-refractivity contribution in [2.24, 2.45) is 0 Å².